The highest BCUT2D eigenvalue weighted by Gasteiger charge is 2.32. The molecule has 1 atom stereocenters. The first-order chi connectivity index (χ1) is 6.32. The van der Waals surface area contributed by atoms with Gasteiger partial charge in [-0.2, -0.15) is 0 Å². The minimum Gasteiger partial charge on any atom is -0.319 e. The van der Waals surface area contributed by atoms with Crippen molar-refractivity contribution in [3.05, 3.63) is 29.1 Å². The van der Waals surface area contributed by atoms with Crippen LogP contribution in [0.3, 0.4) is 0 Å². The van der Waals surface area contributed by atoms with E-state index in [2.05, 4.69) is 4.98 Å². The quantitative estimate of drug-likeness (QED) is 0.795. The van der Waals surface area contributed by atoms with E-state index < -0.39 is 12.0 Å². The predicted octanol–water partition coefficient (Wildman–Crippen LogP) is 2.35. The second-order valence-corrected chi connectivity index (χ2v) is 3.60. The van der Waals surface area contributed by atoms with Crippen molar-refractivity contribution in [2.24, 2.45) is 5.73 Å². The molecule has 0 bridgehead atoms. The zero-order valence-corrected chi connectivity index (χ0v) is 8.51. The van der Waals surface area contributed by atoms with Crippen LogP contribution in [0.2, 0.25) is 0 Å². The van der Waals surface area contributed by atoms with Crippen LogP contribution in [0.15, 0.2) is 12.3 Å². The number of hydrogen-bond donors (Lipinski definition) is 1. The second kappa shape index (κ2) is 3.61. The van der Waals surface area contributed by atoms with Crippen LogP contribution in [0.25, 0.3) is 0 Å². The number of halogens is 2. The van der Waals surface area contributed by atoms with E-state index in [-0.39, 0.29) is 0 Å². The van der Waals surface area contributed by atoms with E-state index in [1.54, 1.807) is 6.07 Å². The number of aryl methyl sites for hydroxylation is 2. The first kappa shape index (κ1) is 11.0. The number of hydrogen-bond acceptors (Lipinski definition) is 2. The fourth-order valence-electron chi connectivity index (χ4n) is 1.13. The zero-order valence-electron chi connectivity index (χ0n) is 8.51. The van der Waals surface area contributed by atoms with Crippen LogP contribution in [0.4, 0.5) is 8.78 Å². The molecule has 1 aromatic rings. The lowest BCUT2D eigenvalue weighted by atomic mass is 10.0. The topological polar surface area (TPSA) is 38.9 Å². The maximum atomic E-state index is 12.9. The van der Waals surface area contributed by atoms with Crippen molar-refractivity contribution in [2.45, 2.75) is 32.7 Å². The molecule has 4 heteroatoms. The molecular formula is C10H14F2N2. The fourth-order valence-corrected chi connectivity index (χ4v) is 1.13. The first-order valence-electron chi connectivity index (χ1n) is 4.39. The molecule has 78 valence electrons. The van der Waals surface area contributed by atoms with E-state index in [1.165, 1.54) is 6.20 Å². The summed E-state index contributed by atoms with van der Waals surface area (Å²) >= 11 is 0. The van der Waals surface area contributed by atoms with Gasteiger partial charge in [0.15, 0.2) is 0 Å². The maximum absolute atomic E-state index is 12.9. The van der Waals surface area contributed by atoms with Crippen molar-refractivity contribution in [1.29, 1.82) is 0 Å². The third-order valence-corrected chi connectivity index (χ3v) is 2.27. The summed E-state index contributed by atoms with van der Waals surface area (Å²) in [5.74, 6) is -2.91. The van der Waals surface area contributed by atoms with Crippen LogP contribution in [-0.4, -0.2) is 10.9 Å². The van der Waals surface area contributed by atoms with Gasteiger partial charge in [-0.3, -0.25) is 4.98 Å². The first-order valence-corrected chi connectivity index (χ1v) is 4.39. The van der Waals surface area contributed by atoms with Gasteiger partial charge in [-0.25, -0.2) is 8.78 Å². The highest BCUT2D eigenvalue weighted by Crippen LogP contribution is 2.28. The van der Waals surface area contributed by atoms with Gasteiger partial charge in [-0.15, -0.1) is 0 Å². The molecule has 14 heavy (non-hydrogen) atoms. The lowest BCUT2D eigenvalue weighted by Gasteiger charge is -2.19. The summed E-state index contributed by atoms with van der Waals surface area (Å²) in [5.41, 5.74) is 7.49. The Hall–Kier alpha value is -1.03. The van der Waals surface area contributed by atoms with Crippen molar-refractivity contribution in [3.8, 4) is 0 Å². The van der Waals surface area contributed by atoms with Gasteiger partial charge in [0, 0.05) is 18.8 Å². The van der Waals surface area contributed by atoms with Crippen molar-refractivity contribution in [3.63, 3.8) is 0 Å². The Morgan fingerprint density at radius 1 is 1.43 bits per heavy atom. The average Bonchev–Trinajstić information content (AvgIpc) is 2.07. The van der Waals surface area contributed by atoms with Crippen LogP contribution >= 0.6 is 0 Å². The van der Waals surface area contributed by atoms with Gasteiger partial charge in [0.05, 0.1) is 6.04 Å². The Bertz CT molecular complexity index is 331. The minimum atomic E-state index is -2.91. The predicted molar refractivity (Wildman–Crippen MR) is 51.3 cm³/mol. The van der Waals surface area contributed by atoms with Crippen molar-refractivity contribution >= 4 is 0 Å². The van der Waals surface area contributed by atoms with Gasteiger partial charge in [-0.05, 0) is 25.0 Å². The summed E-state index contributed by atoms with van der Waals surface area (Å²) in [6.07, 6.45) is 1.41. The molecule has 0 aromatic carbocycles. The number of rotatable bonds is 2. The maximum Gasteiger partial charge on any atom is 0.264 e. The summed E-state index contributed by atoms with van der Waals surface area (Å²) in [6, 6.07) is 0.374. The van der Waals surface area contributed by atoms with Gasteiger partial charge < -0.3 is 5.73 Å². The lowest BCUT2D eigenvalue weighted by molar-refractivity contribution is -0.00630. The van der Waals surface area contributed by atoms with E-state index in [4.69, 9.17) is 5.73 Å². The summed E-state index contributed by atoms with van der Waals surface area (Å²) in [4.78, 5) is 4.00. The van der Waals surface area contributed by atoms with Crippen LogP contribution in [-0.2, 0) is 0 Å². The summed E-state index contributed by atoms with van der Waals surface area (Å²) < 4.78 is 25.8. The molecule has 1 heterocycles. The van der Waals surface area contributed by atoms with Gasteiger partial charge in [-0.1, -0.05) is 6.07 Å². The zero-order chi connectivity index (χ0) is 10.9. The Morgan fingerprint density at radius 2 is 2.00 bits per heavy atom. The fraction of sp³-hybridized carbons (Fsp3) is 0.500. The van der Waals surface area contributed by atoms with Gasteiger partial charge in [0.1, 0.15) is 0 Å². The number of nitrogens with two attached hydrogens (primary N) is 1. The third kappa shape index (κ3) is 2.26. The highest BCUT2D eigenvalue weighted by molar-refractivity contribution is 5.26. The van der Waals surface area contributed by atoms with Crippen LogP contribution in [0, 0.1) is 13.8 Å². The molecule has 0 aliphatic heterocycles. The molecule has 1 rings (SSSR count). The largest absolute Gasteiger partial charge is 0.319 e. The number of alkyl halides is 2. The smallest absolute Gasteiger partial charge is 0.264 e. The molecule has 1 aromatic heterocycles. The lowest BCUT2D eigenvalue weighted by Crippen LogP contribution is -2.29. The molecule has 2 nitrogen and oxygen atoms in total. The van der Waals surface area contributed by atoms with Crippen molar-refractivity contribution < 1.29 is 8.78 Å². The standard InChI is InChI=1S/C10H14F2N2/c1-6-4-8(5-14-7(6)2)9(13)10(3,11)12/h4-5,9H,13H2,1-3H3. The number of nitrogens with zero attached hydrogens (tertiary/aromatic N) is 1. The molecule has 2 N–H and O–H groups in total. The van der Waals surface area contributed by atoms with Gasteiger partial charge in [0.2, 0.25) is 0 Å². The molecular weight excluding hydrogens is 186 g/mol. The molecule has 0 aliphatic rings. The van der Waals surface area contributed by atoms with Crippen molar-refractivity contribution in [2.75, 3.05) is 0 Å². The van der Waals surface area contributed by atoms with Gasteiger partial charge >= 0.3 is 0 Å². The Morgan fingerprint density at radius 3 is 2.43 bits per heavy atom. The molecule has 1 unspecified atom stereocenters. The summed E-state index contributed by atoms with van der Waals surface area (Å²) in [6.45, 7) is 4.47. The van der Waals surface area contributed by atoms with Crippen LogP contribution < -0.4 is 5.73 Å². The number of aromatic nitrogens is 1. The Labute approximate surface area is 82.1 Å². The highest BCUT2D eigenvalue weighted by atomic mass is 19.3. The Balaban J connectivity index is 3.03. The third-order valence-electron chi connectivity index (χ3n) is 2.27. The van der Waals surface area contributed by atoms with E-state index in [0.717, 1.165) is 18.2 Å². The molecule has 0 radical (unpaired) electrons. The summed E-state index contributed by atoms with van der Waals surface area (Å²) in [7, 11) is 0. The van der Waals surface area contributed by atoms with E-state index in [0.29, 0.717) is 5.56 Å². The molecule has 0 amide bonds. The van der Waals surface area contributed by atoms with Crippen molar-refractivity contribution in [1.82, 2.24) is 4.98 Å². The molecule has 0 saturated carbocycles. The van der Waals surface area contributed by atoms with Crippen LogP contribution in [0.5, 0.6) is 0 Å². The molecule has 0 aliphatic carbocycles. The average molecular weight is 200 g/mol. The van der Waals surface area contributed by atoms with E-state index >= 15 is 0 Å². The Kier molecular flexibility index (Phi) is 2.85. The number of pyridine rings is 1. The van der Waals surface area contributed by atoms with E-state index in [9.17, 15) is 8.78 Å². The van der Waals surface area contributed by atoms with Gasteiger partial charge in [0.25, 0.3) is 5.92 Å². The second-order valence-electron chi connectivity index (χ2n) is 3.60. The molecule has 0 saturated heterocycles. The molecule has 0 fully saturated rings. The molecule has 0 spiro atoms. The monoisotopic (exact) mass is 200 g/mol. The van der Waals surface area contributed by atoms with Crippen LogP contribution in [0.1, 0.15) is 29.8 Å². The van der Waals surface area contributed by atoms with E-state index in [1.807, 2.05) is 13.8 Å². The SMILES string of the molecule is Cc1cc(C(N)C(C)(F)F)cnc1C. The minimum absolute atomic E-state index is 0.376. The summed E-state index contributed by atoms with van der Waals surface area (Å²) in [5, 5.41) is 0. The normalized spacial score (nSPS) is 14.1.